The van der Waals surface area contributed by atoms with Crippen molar-refractivity contribution in [1.82, 2.24) is 0 Å². The highest BCUT2D eigenvalue weighted by Gasteiger charge is 1.96. The fourth-order valence-electron chi connectivity index (χ4n) is 2.12. The van der Waals surface area contributed by atoms with Gasteiger partial charge in [0.25, 0.3) is 0 Å². The topological polar surface area (TPSA) is 0 Å². The van der Waals surface area contributed by atoms with Gasteiger partial charge in [-0.2, -0.15) is 0 Å². The van der Waals surface area contributed by atoms with E-state index in [0.29, 0.717) is 0 Å². The lowest BCUT2D eigenvalue weighted by Crippen LogP contribution is -1.85. The summed E-state index contributed by atoms with van der Waals surface area (Å²) in [5.41, 5.74) is 0. The second-order valence-electron chi connectivity index (χ2n) is 4.24. The van der Waals surface area contributed by atoms with Gasteiger partial charge in [0, 0.05) is 1.43 Å². The van der Waals surface area contributed by atoms with Crippen LogP contribution in [0.25, 0.3) is 0 Å². The van der Waals surface area contributed by atoms with Crippen molar-refractivity contribution in [2.24, 2.45) is 0 Å². The van der Waals surface area contributed by atoms with Crippen molar-refractivity contribution in [2.75, 3.05) is 0 Å². The van der Waals surface area contributed by atoms with Crippen LogP contribution >= 0.6 is 0 Å². The zero-order valence-corrected chi connectivity index (χ0v) is 8.49. The van der Waals surface area contributed by atoms with E-state index in [-0.39, 0.29) is 16.3 Å². The third-order valence-corrected chi connectivity index (χ3v) is 3.00. The predicted octanol–water partition coefficient (Wildman–Crippen LogP) is 6.20. The minimum atomic E-state index is 0. The second kappa shape index (κ2) is 13.0. The van der Waals surface area contributed by atoms with Gasteiger partial charge in [0.2, 0.25) is 0 Å². The van der Waals surface area contributed by atoms with E-state index in [0.717, 1.165) is 0 Å². The second-order valence-corrected chi connectivity index (χ2v) is 4.24. The van der Waals surface area contributed by atoms with Crippen molar-refractivity contribution >= 4 is 0 Å². The summed E-state index contributed by atoms with van der Waals surface area (Å²) in [6.07, 6.45) is 18.0. The molecule has 2 aliphatic carbocycles. The van der Waals surface area contributed by atoms with Crippen molar-refractivity contribution in [3.05, 3.63) is 0 Å². The van der Waals surface area contributed by atoms with Crippen LogP contribution in [0.4, 0.5) is 0 Å². The molecule has 0 aromatic rings. The molecule has 0 spiro atoms. The van der Waals surface area contributed by atoms with Crippen LogP contribution in [0.15, 0.2) is 0 Å². The number of rotatable bonds is 0. The summed E-state index contributed by atoms with van der Waals surface area (Å²) >= 11 is 0. The third-order valence-electron chi connectivity index (χ3n) is 3.00. The largest absolute Gasteiger partial charge is 0.0776 e. The molecule has 2 fully saturated rings. The molecule has 0 heteroatoms. The highest BCUT2D eigenvalue weighted by Crippen LogP contribution is 2.15. The van der Waals surface area contributed by atoms with E-state index in [9.17, 15) is 0 Å². The average Bonchev–Trinajstić information content (AvgIpc) is 2.24. The molecule has 2 rings (SSSR count). The Morgan fingerprint density at radius 3 is 0.429 bits per heavy atom. The minimum absolute atomic E-state index is 0. The molecule has 14 heavy (non-hydrogen) atoms. The monoisotopic (exact) mass is 203 g/mol. The van der Waals surface area contributed by atoms with E-state index >= 15 is 0 Å². The van der Waals surface area contributed by atoms with Crippen molar-refractivity contribution in [3.8, 4) is 0 Å². The molecular formula is C14H34. The molecule has 2 saturated carbocycles. The molecule has 0 N–H and O–H groups in total. The normalized spacial score (nSPS) is 20.6. The summed E-state index contributed by atoms with van der Waals surface area (Å²) in [4.78, 5) is 0. The smallest absolute Gasteiger partial charge is 0 e. The Balaban J connectivity index is -0.000000160. The molecule has 0 aliphatic heterocycles. The predicted molar refractivity (Wildman–Crippen MR) is 71.0 cm³/mol. The van der Waals surface area contributed by atoms with Gasteiger partial charge in [-0.15, -0.1) is 0 Å². The minimum Gasteiger partial charge on any atom is -0.0776 e. The zero-order valence-electron chi connectivity index (χ0n) is 8.49. The molecule has 0 atom stereocenters. The van der Waals surface area contributed by atoms with Crippen LogP contribution in [0.3, 0.4) is 0 Å². The van der Waals surface area contributed by atoms with Crippen molar-refractivity contribution in [3.63, 3.8) is 0 Å². The maximum Gasteiger partial charge on any atom is 0 e. The summed E-state index contributed by atoms with van der Waals surface area (Å²) in [7, 11) is 0. The Morgan fingerprint density at radius 2 is 0.357 bits per heavy atom. The summed E-state index contributed by atoms with van der Waals surface area (Å²) in [6, 6.07) is 0. The quantitative estimate of drug-likeness (QED) is 0.440. The van der Waals surface area contributed by atoms with Gasteiger partial charge in [-0.3, -0.25) is 0 Å². The van der Waals surface area contributed by atoms with Gasteiger partial charge >= 0.3 is 0 Å². The summed E-state index contributed by atoms with van der Waals surface area (Å²) in [5.74, 6) is 0. The van der Waals surface area contributed by atoms with Gasteiger partial charge in [-0.1, -0.05) is 91.9 Å². The Hall–Kier alpha value is 0. The molecule has 0 nitrogen and oxygen atoms in total. The molecule has 0 saturated heterocycles. The molecule has 0 heterocycles. The average molecular weight is 203 g/mol. The first-order chi connectivity index (χ1) is 6.00. The molecule has 0 radical (unpaired) electrons. The highest BCUT2D eigenvalue weighted by atomic mass is 14.0. The van der Waals surface area contributed by atoms with E-state index in [2.05, 4.69) is 0 Å². The Labute approximate surface area is 94.0 Å². The molecule has 0 bridgehead atoms. The molecule has 0 aromatic carbocycles. The van der Waals surface area contributed by atoms with Crippen LogP contribution in [-0.2, 0) is 0 Å². The van der Waals surface area contributed by atoms with Gasteiger partial charge in [0.15, 0.2) is 0 Å². The molecule has 2 aliphatic rings. The summed E-state index contributed by atoms with van der Waals surface area (Å²) < 4.78 is 0. The van der Waals surface area contributed by atoms with Gasteiger partial charge < -0.3 is 0 Å². The van der Waals surface area contributed by atoms with Crippen molar-refractivity contribution in [1.29, 1.82) is 0 Å². The van der Waals surface area contributed by atoms with Crippen LogP contribution in [0.5, 0.6) is 0 Å². The third kappa shape index (κ3) is 10.1. The molecule has 0 amide bonds. The molecular weight excluding hydrogens is 168 g/mol. The zero-order chi connectivity index (χ0) is 8.49. The van der Waals surface area contributed by atoms with Gasteiger partial charge in [-0.05, 0) is 0 Å². The fraction of sp³-hybridized carbons (Fsp3) is 1.00. The van der Waals surface area contributed by atoms with Crippen LogP contribution in [0, 0.1) is 0 Å². The van der Waals surface area contributed by atoms with E-state index in [1.165, 1.54) is 77.0 Å². The van der Waals surface area contributed by atoms with Gasteiger partial charge in [0.05, 0.1) is 0 Å². The fourth-order valence-corrected chi connectivity index (χ4v) is 2.12. The number of hydrogen-bond donors (Lipinski definition) is 0. The number of hydrogen-bond acceptors (Lipinski definition) is 0. The van der Waals surface area contributed by atoms with E-state index in [1.807, 2.05) is 0 Å². The first-order valence-corrected chi connectivity index (χ1v) is 6.00. The SMILES string of the molecule is C.C.C1CCCCC1.C1CCCCC1.[2HH]. The van der Waals surface area contributed by atoms with E-state index < -0.39 is 0 Å². The van der Waals surface area contributed by atoms with Gasteiger partial charge in [-0.25, -0.2) is 0 Å². The maximum atomic E-state index is 1.50. The van der Waals surface area contributed by atoms with Crippen LogP contribution in [0.2, 0.25) is 0 Å². The Morgan fingerprint density at radius 1 is 0.286 bits per heavy atom. The Kier molecular flexibility index (Phi) is 15.3. The summed E-state index contributed by atoms with van der Waals surface area (Å²) in [6.45, 7) is 0. The lowest BCUT2D eigenvalue weighted by atomic mass is 10.0. The molecule has 0 aromatic heterocycles. The lowest BCUT2D eigenvalue weighted by molar-refractivity contribution is 0.504. The van der Waals surface area contributed by atoms with Crippen LogP contribution < -0.4 is 0 Å². The molecule has 90 valence electrons. The Bertz CT molecular complexity index is 48.3. The van der Waals surface area contributed by atoms with E-state index in [1.54, 1.807) is 0 Å². The van der Waals surface area contributed by atoms with Crippen molar-refractivity contribution < 1.29 is 1.43 Å². The first kappa shape index (κ1) is 16.4. The van der Waals surface area contributed by atoms with Crippen molar-refractivity contribution in [2.45, 2.75) is 91.9 Å². The van der Waals surface area contributed by atoms with Crippen LogP contribution in [-0.4, -0.2) is 0 Å². The highest BCUT2D eigenvalue weighted by molar-refractivity contribution is 4.51. The lowest BCUT2D eigenvalue weighted by Gasteiger charge is -2.05. The van der Waals surface area contributed by atoms with Crippen LogP contribution in [0.1, 0.15) is 93.3 Å². The molecule has 0 unspecified atom stereocenters. The standard InChI is InChI=1S/2C6H12.2CH4.H2/c2*1-2-4-6-5-3-1;;;/h2*1-6H2;2*1H4;1H/i;;;;1+1. The van der Waals surface area contributed by atoms with E-state index in [4.69, 9.17) is 0 Å². The summed E-state index contributed by atoms with van der Waals surface area (Å²) in [5, 5.41) is 0. The maximum absolute atomic E-state index is 1.50. The van der Waals surface area contributed by atoms with Gasteiger partial charge in [0.1, 0.15) is 0 Å². The first-order valence-electron chi connectivity index (χ1n) is 6.00.